The normalized spacial score (nSPS) is 10.3. The highest BCUT2D eigenvalue weighted by atomic mass is 35.5. The van der Waals surface area contributed by atoms with E-state index in [1.54, 1.807) is 36.4 Å². The van der Waals surface area contributed by atoms with Gasteiger partial charge in [0.15, 0.2) is 11.5 Å². The van der Waals surface area contributed by atoms with Crippen molar-refractivity contribution in [2.75, 3.05) is 21.3 Å². The molecule has 0 aliphatic heterocycles. The highest BCUT2D eigenvalue weighted by Crippen LogP contribution is 2.38. The van der Waals surface area contributed by atoms with E-state index in [1.807, 2.05) is 13.0 Å². The molecule has 3 rings (SSSR count). The zero-order valence-corrected chi connectivity index (χ0v) is 20.0. The topological polar surface area (TPSA) is 95.1 Å². The molecule has 3 aromatic rings. The van der Waals surface area contributed by atoms with Crippen LogP contribution in [-0.2, 0) is 6.61 Å². The summed E-state index contributed by atoms with van der Waals surface area (Å²) < 4.78 is 21.5. The molecule has 9 heteroatoms. The first-order chi connectivity index (χ1) is 16.4. The quantitative estimate of drug-likeness (QED) is 0.462. The standard InChI is InChI=1S/C25H25ClN2O6/c1-15-11-19(9-10-20(15)26)34-14-16-5-7-17(8-6-16)24(29)27-28-25(30)18-12-21(31-2)23(33-4)22(13-18)32-3/h5-13H,14H2,1-4H3,(H,27,29)(H,28,30). The number of hydrogen-bond donors (Lipinski definition) is 2. The van der Waals surface area contributed by atoms with Crippen LogP contribution in [0.25, 0.3) is 0 Å². The molecule has 8 nitrogen and oxygen atoms in total. The highest BCUT2D eigenvalue weighted by molar-refractivity contribution is 6.31. The summed E-state index contributed by atoms with van der Waals surface area (Å²) in [5, 5.41) is 0.681. The van der Waals surface area contributed by atoms with Crippen LogP contribution in [0.3, 0.4) is 0 Å². The first-order valence-corrected chi connectivity index (χ1v) is 10.6. The van der Waals surface area contributed by atoms with Crippen molar-refractivity contribution in [3.8, 4) is 23.0 Å². The Balaban J connectivity index is 1.58. The summed E-state index contributed by atoms with van der Waals surface area (Å²) in [6.07, 6.45) is 0. The third-order valence-corrected chi connectivity index (χ3v) is 5.39. The van der Waals surface area contributed by atoms with Gasteiger partial charge in [-0.05, 0) is 60.5 Å². The number of benzene rings is 3. The molecule has 0 bridgehead atoms. The smallest absolute Gasteiger partial charge is 0.269 e. The van der Waals surface area contributed by atoms with Crippen molar-refractivity contribution in [3.05, 3.63) is 81.9 Å². The lowest BCUT2D eigenvalue weighted by Gasteiger charge is -2.14. The van der Waals surface area contributed by atoms with Gasteiger partial charge in [-0.25, -0.2) is 0 Å². The molecule has 0 unspecified atom stereocenters. The SMILES string of the molecule is COc1cc(C(=O)NNC(=O)c2ccc(COc3ccc(Cl)c(C)c3)cc2)cc(OC)c1OC. The third-order valence-electron chi connectivity index (χ3n) is 4.97. The predicted octanol–water partition coefficient (Wildman–Crippen LogP) is 4.33. The van der Waals surface area contributed by atoms with E-state index in [2.05, 4.69) is 10.9 Å². The molecular weight excluding hydrogens is 460 g/mol. The van der Waals surface area contributed by atoms with Crippen LogP contribution in [-0.4, -0.2) is 33.1 Å². The Morgan fingerprint density at radius 2 is 1.38 bits per heavy atom. The first-order valence-electron chi connectivity index (χ1n) is 10.2. The van der Waals surface area contributed by atoms with Crippen LogP contribution in [0.2, 0.25) is 5.02 Å². The van der Waals surface area contributed by atoms with E-state index in [0.29, 0.717) is 40.2 Å². The summed E-state index contributed by atoms with van der Waals surface area (Å²) in [5.74, 6) is 0.700. The summed E-state index contributed by atoms with van der Waals surface area (Å²) in [4.78, 5) is 25.0. The molecule has 3 aromatic carbocycles. The maximum atomic E-state index is 12.5. The van der Waals surface area contributed by atoms with Crippen LogP contribution in [0.4, 0.5) is 0 Å². The third kappa shape index (κ3) is 5.90. The minimum absolute atomic E-state index is 0.222. The van der Waals surface area contributed by atoms with Crippen LogP contribution in [0.1, 0.15) is 31.8 Å². The van der Waals surface area contributed by atoms with E-state index in [9.17, 15) is 9.59 Å². The number of ether oxygens (including phenoxy) is 4. The van der Waals surface area contributed by atoms with Crippen molar-refractivity contribution < 1.29 is 28.5 Å². The number of amides is 2. The Morgan fingerprint density at radius 1 is 0.794 bits per heavy atom. The molecule has 34 heavy (non-hydrogen) atoms. The molecule has 0 saturated heterocycles. The van der Waals surface area contributed by atoms with Crippen molar-refractivity contribution in [2.24, 2.45) is 0 Å². The van der Waals surface area contributed by atoms with Gasteiger partial charge in [-0.15, -0.1) is 0 Å². The molecule has 0 aliphatic rings. The van der Waals surface area contributed by atoms with E-state index in [-0.39, 0.29) is 5.56 Å². The second kappa shape index (κ2) is 11.3. The van der Waals surface area contributed by atoms with Crippen LogP contribution in [0.5, 0.6) is 23.0 Å². The summed E-state index contributed by atoms with van der Waals surface area (Å²) >= 11 is 6.03. The molecule has 0 spiro atoms. The molecule has 0 aliphatic carbocycles. The van der Waals surface area contributed by atoms with Gasteiger partial charge in [0.25, 0.3) is 11.8 Å². The number of nitrogens with one attached hydrogen (secondary N) is 2. The Morgan fingerprint density at radius 3 is 1.91 bits per heavy atom. The second-order valence-electron chi connectivity index (χ2n) is 7.22. The molecule has 2 N–H and O–H groups in total. The number of carbonyl (C=O) groups excluding carboxylic acids is 2. The number of methoxy groups -OCH3 is 3. The van der Waals surface area contributed by atoms with Gasteiger partial charge in [0, 0.05) is 16.1 Å². The van der Waals surface area contributed by atoms with E-state index < -0.39 is 11.8 Å². The van der Waals surface area contributed by atoms with Crippen molar-refractivity contribution in [2.45, 2.75) is 13.5 Å². The average molecular weight is 485 g/mol. The fourth-order valence-electron chi connectivity index (χ4n) is 3.10. The minimum Gasteiger partial charge on any atom is -0.493 e. The molecule has 178 valence electrons. The number of hydrazine groups is 1. The van der Waals surface area contributed by atoms with Gasteiger partial charge in [0.2, 0.25) is 5.75 Å². The number of aryl methyl sites for hydroxylation is 1. The predicted molar refractivity (Wildman–Crippen MR) is 128 cm³/mol. The van der Waals surface area contributed by atoms with E-state index in [0.717, 1.165) is 11.1 Å². The summed E-state index contributed by atoms with van der Waals surface area (Å²) in [5.41, 5.74) is 7.18. The lowest BCUT2D eigenvalue weighted by molar-refractivity contribution is 0.0846. The van der Waals surface area contributed by atoms with Crippen LogP contribution in [0, 0.1) is 6.92 Å². The zero-order chi connectivity index (χ0) is 24.7. The second-order valence-corrected chi connectivity index (χ2v) is 7.63. The Labute approximate surface area is 202 Å². The van der Waals surface area contributed by atoms with Crippen molar-refractivity contribution in [3.63, 3.8) is 0 Å². The zero-order valence-electron chi connectivity index (χ0n) is 19.2. The molecule has 0 heterocycles. The van der Waals surface area contributed by atoms with Crippen molar-refractivity contribution in [1.29, 1.82) is 0 Å². The molecule has 2 amide bonds. The average Bonchev–Trinajstić information content (AvgIpc) is 2.86. The summed E-state index contributed by atoms with van der Waals surface area (Å²) in [7, 11) is 4.37. The summed E-state index contributed by atoms with van der Waals surface area (Å²) in [6, 6.07) is 15.3. The lowest BCUT2D eigenvalue weighted by atomic mass is 10.1. The molecule has 0 atom stereocenters. The van der Waals surface area contributed by atoms with Gasteiger partial charge >= 0.3 is 0 Å². The van der Waals surface area contributed by atoms with E-state index in [4.69, 9.17) is 30.5 Å². The lowest BCUT2D eigenvalue weighted by Crippen LogP contribution is -2.41. The van der Waals surface area contributed by atoms with Gasteiger partial charge < -0.3 is 18.9 Å². The van der Waals surface area contributed by atoms with Crippen LogP contribution in [0.15, 0.2) is 54.6 Å². The number of carbonyl (C=O) groups is 2. The largest absolute Gasteiger partial charge is 0.493 e. The van der Waals surface area contributed by atoms with Gasteiger partial charge in [0.05, 0.1) is 21.3 Å². The Hall–Kier alpha value is -3.91. The van der Waals surface area contributed by atoms with Gasteiger partial charge in [-0.3, -0.25) is 20.4 Å². The first kappa shape index (κ1) is 24.7. The molecule has 0 aromatic heterocycles. The molecule has 0 radical (unpaired) electrons. The molecule has 0 fully saturated rings. The van der Waals surface area contributed by atoms with Gasteiger partial charge in [0.1, 0.15) is 12.4 Å². The number of rotatable bonds is 8. The van der Waals surface area contributed by atoms with Gasteiger partial charge in [-0.2, -0.15) is 0 Å². The fourth-order valence-corrected chi connectivity index (χ4v) is 3.21. The monoisotopic (exact) mass is 484 g/mol. The Bertz CT molecular complexity index is 1160. The van der Waals surface area contributed by atoms with E-state index >= 15 is 0 Å². The Kier molecular flexibility index (Phi) is 8.21. The van der Waals surface area contributed by atoms with Crippen LogP contribution < -0.4 is 29.8 Å². The number of halogens is 1. The number of hydrogen-bond acceptors (Lipinski definition) is 6. The van der Waals surface area contributed by atoms with Crippen LogP contribution >= 0.6 is 11.6 Å². The minimum atomic E-state index is -0.545. The summed E-state index contributed by atoms with van der Waals surface area (Å²) in [6.45, 7) is 2.24. The maximum Gasteiger partial charge on any atom is 0.269 e. The van der Waals surface area contributed by atoms with Crippen molar-refractivity contribution >= 4 is 23.4 Å². The molecule has 0 saturated carbocycles. The maximum absolute atomic E-state index is 12.5. The van der Waals surface area contributed by atoms with Gasteiger partial charge in [-0.1, -0.05) is 23.7 Å². The van der Waals surface area contributed by atoms with E-state index in [1.165, 1.54) is 33.5 Å². The fraction of sp³-hybridized carbons (Fsp3) is 0.200. The highest BCUT2D eigenvalue weighted by Gasteiger charge is 2.17. The van der Waals surface area contributed by atoms with Crippen molar-refractivity contribution in [1.82, 2.24) is 10.9 Å². The molecular formula is C25H25ClN2O6.